The number of halogens is 3. The highest BCUT2D eigenvalue weighted by atomic mass is 32.2. The smallest absolute Gasteiger partial charge is 0.352 e. The molecule has 1 aliphatic carbocycles. The van der Waals surface area contributed by atoms with Crippen molar-refractivity contribution in [2.24, 2.45) is 5.92 Å². The number of alkyl halides is 3. The largest absolute Gasteiger partial charge is 0.433 e. The Kier molecular flexibility index (Phi) is 5.41. The topological polar surface area (TPSA) is 89.0 Å². The zero-order chi connectivity index (χ0) is 19.0. The Bertz CT molecular complexity index is 778. The van der Waals surface area contributed by atoms with E-state index in [1.165, 1.54) is 6.92 Å². The number of amides is 1. The second kappa shape index (κ2) is 6.89. The van der Waals surface area contributed by atoms with Crippen LogP contribution in [0, 0.1) is 12.8 Å². The minimum Gasteiger partial charge on any atom is -0.352 e. The highest BCUT2D eigenvalue weighted by Gasteiger charge is 2.40. The monoisotopic (exact) mass is 379 g/mol. The van der Waals surface area contributed by atoms with Gasteiger partial charge in [-0.1, -0.05) is 0 Å². The van der Waals surface area contributed by atoms with Crippen LogP contribution in [0.25, 0.3) is 0 Å². The molecule has 1 amide bonds. The summed E-state index contributed by atoms with van der Waals surface area (Å²) in [6, 6.07) is -0.611. The average Bonchev–Trinajstić information content (AvgIpc) is 2.42. The Morgan fingerprint density at radius 1 is 1.36 bits per heavy atom. The molecule has 0 saturated heterocycles. The first-order chi connectivity index (χ1) is 11.4. The molecule has 25 heavy (non-hydrogen) atoms. The molecule has 1 aliphatic rings. The fourth-order valence-corrected chi connectivity index (χ4v) is 4.04. The third-order valence-electron chi connectivity index (χ3n) is 3.97. The van der Waals surface area contributed by atoms with Gasteiger partial charge in [-0.05, 0) is 33.1 Å². The van der Waals surface area contributed by atoms with E-state index < -0.39 is 39.6 Å². The summed E-state index contributed by atoms with van der Waals surface area (Å²) >= 11 is 0. The van der Waals surface area contributed by atoms with E-state index in [1.54, 1.807) is 6.92 Å². The fourth-order valence-electron chi connectivity index (χ4n) is 3.05. The molecule has 1 aromatic heterocycles. The number of rotatable bonds is 4. The summed E-state index contributed by atoms with van der Waals surface area (Å²) in [5.74, 6) is -1.29. The van der Waals surface area contributed by atoms with Crippen LogP contribution >= 0.6 is 0 Å². The van der Waals surface area contributed by atoms with Crippen molar-refractivity contribution in [3.8, 4) is 0 Å². The van der Waals surface area contributed by atoms with Gasteiger partial charge in [0.2, 0.25) is 5.91 Å². The zero-order valence-corrected chi connectivity index (χ0v) is 15.0. The lowest BCUT2D eigenvalue weighted by Gasteiger charge is -2.26. The molecule has 0 saturated carbocycles. The minimum atomic E-state index is -4.61. The van der Waals surface area contributed by atoms with E-state index in [4.69, 9.17) is 0 Å². The van der Waals surface area contributed by atoms with Gasteiger partial charge in [-0.3, -0.25) is 4.79 Å². The van der Waals surface area contributed by atoms with Crippen LogP contribution in [0.15, 0.2) is 0 Å². The SMILES string of the molecule is Cc1nc2c(c(C(F)(F)F)n1)C[C@@H](C(=O)N[C@@H](C)CS(C)(=O)=O)CC2. The van der Waals surface area contributed by atoms with Gasteiger partial charge in [0, 0.05) is 29.5 Å². The van der Waals surface area contributed by atoms with Gasteiger partial charge in [0.15, 0.2) is 5.69 Å². The highest BCUT2D eigenvalue weighted by Crippen LogP contribution is 2.36. The maximum absolute atomic E-state index is 13.2. The summed E-state index contributed by atoms with van der Waals surface area (Å²) in [4.78, 5) is 19.9. The van der Waals surface area contributed by atoms with Gasteiger partial charge >= 0.3 is 6.18 Å². The molecule has 1 heterocycles. The molecule has 0 aliphatic heterocycles. The number of aryl methyl sites for hydroxylation is 2. The summed E-state index contributed by atoms with van der Waals surface area (Å²) in [7, 11) is -3.26. The van der Waals surface area contributed by atoms with Gasteiger partial charge in [-0.2, -0.15) is 13.2 Å². The van der Waals surface area contributed by atoms with Crippen LogP contribution < -0.4 is 5.32 Å². The second-order valence-electron chi connectivity index (χ2n) is 6.48. The van der Waals surface area contributed by atoms with Gasteiger partial charge in [0.05, 0.1) is 5.75 Å². The van der Waals surface area contributed by atoms with E-state index in [-0.39, 0.29) is 30.0 Å². The average molecular weight is 379 g/mol. The summed E-state index contributed by atoms with van der Waals surface area (Å²) in [5, 5.41) is 2.57. The van der Waals surface area contributed by atoms with E-state index in [1.807, 2.05) is 0 Å². The Balaban J connectivity index is 2.19. The summed E-state index contributed by atoms with van der Waals surface area (Å²) in [6.45, 7) is 2.95. The molecule has 2 rings (SSSR count). The molecule has 0 radical (unpaired) electrons. The lowest BCUT2D eigenvalue weighted by molar-refractivity contribution is -0.142. The van der Waals surface area contributed by atoms with Crippen molar-refractivity contribution in [3.05, 3.63) is 22.8 Å². The van der Waals surface area contributed by atoms with E-state index in [9.17, 15) is 26.4 Å². The summed E-state index contributed by atoms with van der Waals surface area (Å²) < 4.78 is 62.2. The van der Waals surface area contributed by atoms with Gasteiger partial charge in [0.25, 0.3) is 0 Å². The van der Waals surface area contributed by atoms with Crippen molar-refractivity contribution >= 4 is 15.7 Å². The van der Waals surface area contributed by atoms with Crippen LogP contribution in [0.5, 0.6) is 0 Å². The van der Waals surface area contributed by atoms with E-state index >= 15 is 0 Å². The third-order valence-corrected chi connectivity index (χ3v) is 5.07. The Morgan fingerprint density at radius 3 is 2.56 bits per heavy atom. The summed E-state index contributed by atoms with van der Waals surface area (Å²) in [6.07, 6.45) is -3.05. The quantitative estimate of drug-likeness (QED) is 0.856. The Morgan fingerprint density at radius 2 is 2.00 bits per heavy atom. The number of carbonyl (C=O) groups excluding carboxylic acids is 1. The van der Waals surface area contributed by atoms with Gasteiger partial charge in [-0.25, -0.2) is 18.4 Å². The molecule has 0 unspecified atom stereocenters. The van der Waals surface area contributed by atoms with Crippen molar-refractivity contribution < 1.29 is 26.4 Å². The fraction of sp³-hybridized carbons (Fsp3) is 0.667. The molecule has 2 atom stereocenters. The van der Waals surface area contributed by atoms with Crippen LogP contribution in [0.2, 0.25) is 0 Å². The van der Waals surface area contributed by atoms with Gasteiger partial charge in [-0.15, -0.1) is 0 Å². The Labute approximate surface area is 144 Å². The standard InChI is InChI=1S/C15H20F3N3O3S/c1-8(7-25(3,23)24)19-14(22)10-4-5-12-11(6-10)13(15(16,17)18)21-9(2)20-12/h8,10H,4-7H2,1-3H3,(H,19,22)/t8-,10-/m0/s1. The molecule has 1 N–H and O–H groups in total. The molecule has 0 bridgehead atoms. The van der Waals surface area contributed by atoms with E-state index in [2.05, 4.69) is 15.3 Å². The highest BCUT2D eigenvalue weighted by molar-refractivity contribution is 7.90. The number of sulfone groups is 1. The van der Waals surface area contributed by atoms with Crippen LogP contribution in [-0.2, 0) is 33.6 Å². The molecular weight excluding hydrogens is 359 g/mol. The predicted octanol–water partition coefficient (Wildman–Crippen LogP) is 1.46. The van der Waals surface area contributed by atoms with Crippen LogP contribution in [0.1, 0.15) is 36.1 Å². The zero-order valence-electron chi connectivity index (χ0n) is 14.1. The van der Waals surface area contributed by atoms with Crippen LogP contribution in [0.3, 0.4) is 0 Å². The van der Waals surface area contributed by atoms with Crippen molar-refractivity contribution in [1.82, 2.24) is 15.3 Å². The maximum Gasteiger partial charge on any atom is 0.433 e. The second-order valence-corrected chi connectivity index (χ2v) is 8.67. The first kappa shape index (κ1) is 19.6. The van der Waals surface area contributed by atoms with Gasteiger partial charge < -0.3 is 5.32 Å². The number of hydrogen-bond acceptors (Lipinski definition) is 5. The maximum atomic E-state index is 13.2. The normalized spacial score (nSPS) is 19.2. The molecule has 1 aromatic rings. The van der Waals surface area contributed by atoms with Crippen molar-refractivity contribution in [1.29, 1.82) is 0 Å². The number of nitrogens with zero attached hydrogens (tertiary/aromatic N) is 2. The Hall–Kier alpha value is -1.71. The number of carbonyl (C=O) groups is 1. The molecule has 10 heteroatoms. The lowest BCUT2D eigenvalue weighted by Crippen LogP contribution is -2.42. The summed E-state index contributed by atoms with van der Waals surface area (Å²) in [5.41, 5.74) is -0.704. The number of fused-ring (bicyclic) bond motifs is 1. The van der Waals surface area contributed by atoms with Crippen LogP contribution in [0.4, 0.5) is 13.2 Å². The van der Waals surface area contributed by atoms with Crippen LogP contribution in [-0.4, -0.2) is 42.3 Å². The molecular formula is C15H20F3N3O3S. The molecule has 0 fully saturated rings. The minimum absolute atomic E-state index is 0.0414. The van der Waals surface area contributed by atoms with Crippen molar-refractivity contribution in [2.75, 3.05) is 12.0 Å². The number of nitrogens with one attached hydrogen (secondary N) is 1. The number of aromatic nitrogens is 2. The van der Waals surface area contributed by atoms with Crippen molar-refractivity contribution in [3.63, 3.8) is 0 Å². The lowest BCUT2D eigenvalue weighted by atomic mass is 9.84. The third kappa shape index (κ3) is 5.13. The van der Waals surface area contributed by atoms with E-state index in [0.29, 0.717) is 12.1 Å². The number of hydrogen-bond donors (Lipinski definition) is 1. The molecule has 6 nitrogen and oxygen atoms in total. The molecule has 0 aromatic carbocycles. The predicted molar refractivity (Wildman–Crippen MR) is 84.6 cm³/mol. The van der Waals surface area contributed by atoms with E-state index in [0.717, 1.165) is 6.26 Å². The van der Waals surface area contributed by atoms with Crippen molar-refractivity contribution in [2.45, 2.75) is 45.3 Å². The first-order valence-corrected chi connectivity index (χ1v) is 9.84. The van der Waals surface area contributed by atoms with Gasteiger partial charge in [0.1, 0.15) is 15.7 Å². The first-order valence-electron chi connectivity index (χ1n) is 7.78. The molecule has 0 spiro atoms. The molecule has 140 valence electrons.